The molecule has 0 spiro atoms. The number of hydrogen-bond acceptors (Lipinski definition) is 5. The van der Waals surface area contributed by atoms with E-state index >= 15 is 0 Å². The molecule has 3 aromatic carbocycles. The summed E-state index contributed by atoms with van der Waals surface area (Å²) in [5.74, 6) is 2.77. The zero-order valence-electron chi connectivity index (χ0n) is 19.6. The molecule has 0 bridgehead atoms. The number of carbonyl (C=O) groups excluding carboxylic acids is 1. The maximum atomic E-state index is 13.5. The molecule has 0 atom stereocenters. The van der Waals surface area contributed by atoms with Crippen LogP contribution in [0, 0.1) is 0 Å². The van der Waals surface area contributed by atoms with E-state index < -0.39 is 0 Å². The number of piperidine rings is 1. The van der Waals surface area contributed by atoms with E-state index in [2.05, 4.69) is 4.90 Å². The van der Waals surface area contributed by atoms with Gasteiger partial charge >= 0.3 is 0 Å². The molecular weight excluding hydrogens is 426 g/mol. The lowest BCUT2D eigenvalue weighted by Gasteiger charge is -2.31. The first kappa shape index (κ1) is 22.2. The molecular formula is C29H29NO4. The quantitative estimate of drug-likeness (QED) is 0.317. The van der Waals surface area contributed by atoms with Crippen LogP contribution in [-0.2, 0) is 6.54 Å². The smallest absolute Gasteiger partial charge is 0.197 e. The van der Waals surface area contributed by atoms with Crippen LogP contribution < -0.4 is 9.47 Å². The van der Waals surface area contributed by atoms with Gasteiger partial charge in [-0.3, -0.25) is 9.69 Å². The Balaban J connectivity index is 1.38. The Morgan fingerprint density at radius 1 is 0.941 bits per heavy atom. The first-order valence-electron chi connectivity index (χ1n) is 11.7. The number of fused-ring (bicyclic) bond motifs is 1. The molecule has 5 rings (SSSR count). The third-order valence-corrected chi connectivity index (χ3v) is 6.73. The van der Waals surface area contributed by atoms with E-state index in [0.717, 1.165) is 71.8 Å². The maximum Gasteiger partial charge on any atom is 0.197 e. The number of benzene rings is 3. The summed E-state index contributed by atoms with van der Waals surface area (Å²) in [6.07, 6.45) is 1.86. The lowest BCUT2D eigenvalue weighted by atomic mass is 9.88. The van der Waals surface area contributed by atoms with Gasteiger partial charge in [-0.2, -0.15) is 0 Å². The van der Waals surface area contributed by atoms with Crippen LogP contribution >= 0.6 is 0 Å². The third-order valence-electron chi connectivity index (χ3n) is 6.73. The fourth-order valence-corrected chi connectivity index (χ4v) is 4.92. The predicted octanol–water partition coefficient (Wildman–Crippen LogP) is 6.06. The van der Waals surface area contributed by atoms with Gasteiger partial charge in [-0.1, -0.05) is 48.5 Å². The zero-order chi connectivity index (χ0) is 23.5. The minimum Gasteiger partial charge on any atom is -0.497 e. The summed E-state index contributed by atoms with van der Waals surface area (Å²) < 4.78 is 17.3. The van der Waals surface area contributed by atoms with E-state index in [1.54, 1.807) is 14.2 Å². The molecule has 1 aliphatic heterocycles. The number of ether oxygens (including phenoxy) is 2. The van der Waals surface area contributed by atoms with Crippen molar-refractivity contribution in [1.29, 1.82) is 0 Å². The van der Waals surface area contributed by atoms with Gasteiger partial charge in [-0.05, 0) is 50.2 Å². The summed E-state index contributed by atoms with van der Waals surface area (Å²) in [7, 11) is 3.38. The van der Waals surface area contributed by atoms with Gasteiger partial charge in [0, 0.05) is 29.0 Å². The average molecular weight is 456 g/mol. The summed E-state index contributed by atoms with van der Waals surface area (Å²) in [4.78, 5) is 16.0. The monoisotopic (exact) mass is 455 g/mol. The first-order chi connectivity index (χ1) is 16.7. The van der Waals surface area contributed by atoms with Crippen molar-refractivity contribution in [3.63, 3.8) is 0 Å². The number of para-hydroxylation sites is 1. The number of carbonyl (C=O) groups is 1. The summed E-state index contributed by atoms with van der Waals surface area (Å²) in [5, 5.41) is 0.898. The van der Waals surface area contributed by atoms with E-state index in [-0.39, 0.29) is 11.7 Å². The van der Waals surface area contributed by atoms with Crippen molar-refractivity contribution in [1.82, 2.24) is 4.90 Å². The lowest BCUT2D eigenvalue weighted by Crippen LogP contribution is -2.32. The van der Waals surface area contributed by atoms with Gasteiger partial charge in [0.1, 0.15) is 22.8 Å². The van der Waals surface area contributed by atoms with Crippen LogP contribution in [0.1, 0.15) is 46.0 Å². The van der Waals surface area contributed by atoms with Gasteiger partial charge in [0.15, 0.2) is 5.78 Å². The van der Waals surface area contributed by atoms with Crippen molar-refractivity contribution >= 4 is 16.8 Å². The van der Waals surface area contributed by atoms with Crippen LogP contribution in [0.5, 0.6) is 11.5 Å². The van der Waals surface area contributed by atoms with Crippen molar-refractivity contribution in [3.05, 3.63) is 95.2 Å². The number of hydrogen-bond donors (Lipinski definition) is 0. The predicted molar refractivity (Wildman–Crippen MR) is 133 cm³/mol. The molecule has 0 amide bonds. The Labute approximate surface area is 199 Å². The SMILES string of the molecule is COc1ccc(OC)c(CN2CCC(c3oc4ccccc4c3C(=O)c3ccccc3)CC2)c1. The van der Waals surface area contributed by atoms with Crippen molar-refractivity contribution in [2.24, 2.45) is 0 Å². The molecule has 0 radical (unpaired) electrons. The Bertz CT molecular complexity index is 1290. The highest BCUT2D eigenvalue weighted by Crippen LogP contribution is 2.38. The van der Waals surface area contributed by atoms with E-state index in [1.807, 2.05) is 72.8 Å². The van der Waals surface area contributed by atoms with Gasteiger partial charge in [0.2, 0.25) is 0 Å². The lowest BCUT2D eigenvalue weighted by molar-refractivity contribution is 0.103. The van der Waals surface area contributed by atoms with Gasteiger partial charge in [0.05, 0.1) is 19.8 Å². The number of ketones is 1. The minimum atomic E-state index is 0.0316. The highest BCUT2D eigenvalue weighted by molar-refractivity contribution is 6.17. The number of likely N-dealkylation sites (tertiary alicyclic amines) is 1. The molecule has 174 valence electrons. The van der Waals surface area contributed by atoms with Crippen molar-refractivity contribution in [2.45, 2.75) is 25.3 Å². The van der Waals surface area contributed by atoms with Crippen molar-refractivity contribution in [3.8, 4) is 11.5 Å². The van der Waals surface area contributed by atoms with Crippen LogP contribution in [0.4, 0.5) is 0 Å². The Hall–Kier alpha value is -3.57. The summed E-state index contributed by atoms with van der Waals surface area (Å²) in [6, 6.07) is 23.3. The molecule has 0 N–H and O–H groups in total. The Kier molecular flexibility index (Phi) is 6.37. The first-order valence-corrected chi connectivity index (χ1v) is 11.7. The second-order valence-electron chi connectivity index (χ2n) is 8.76. The molecule has 2 heterocycles. The van der Waals surface area contributed by atoms with Gasteiger partial charge in [-0.25, -0.2) is 0 Å². The standard InChI is InChI=1S/C29H29NO4/c1-32-23-12-13-25(33-2)22(18-23)19-30-16-14-21(15-17-30)29-27(24-10-6-7-11-26(24)34-29)28(31)20-8-4-3-5-9-20/h3-13,18,21H,14-17,19H2,1-2H3. The van der Waals surface area contributed by atoms with Crippen LogP contribution in [0.3, 0.4) is 0 Å². The summed E-state index contributed by atoms with van der Waals surface area (Å²) in [6.45, 7) is 2.63. The van der Waals surface area contributed by atoms with Crippen LogP contribution in [0.2, 0.25) is 0 Å². The van der Waals surface area contributed by atoms with Crippen LogP contribution in [-0.4, -0.2) is 38.0 Å². The maximum absolute atomic E-state index is 13.5. The molecule has 1 aliphatic rings. The molecule has 4 aromatic rings. The number of nitrogens with zero attached hydrogens (tertiary/aromatic N) is 1. The third kappa shape index (κ3) is 4.31. The van der Waals surface area contributed by atoms with E-state index in [0.29, 0.717) is 5.56 Å². The Morgan fingerprint density at radius 3 is 2.41 bits per heavy atom. The Morgan fingerprint density at radius 2 is 1.68 bits per heavy atom. The molecule has 5 heteroatoms. The van der Waals surface area contributed by atoms with Gasteiger partial charge in [0.25, 0.3) is 0 Å². The topological polar surface area (TPSA) is 51.9 Å². The highest BCUT2D eigenvalue weighted by atomic mass is 16.5. The van der Waals surface area contributed by atoms with E-state index in [9.17, 15) is 4.79 Å². The van der Waals surface area contributed by atoms with Crippen LogP contribution in [0.25, 0.3) is 11.0 Å². The van der Waals surface area contributed by atoms with Crippen LogP contribution in [0.15, 0.2) is 77.2 Å². The molecule has 1 fully saturated rings. The molecule has 5 nitrogen and oxygen atoms in total. The number of furan rings is 1. The molecule has 34 heavy (non-hydrogen) atoms. The molecule has 0 aliphatic carbocycles. The van der Waals surface area contributed by atoms with Crippen molar-refractivity contribution < 1.29 is 18.7 Å². The highest BCUT2D eigenvalue weighted by Gasteiger charge is 2.30. The van der Waals surface area contributed by atoms with E-state index in [1.165, 1.54) is 0 Å². The van der Waals surface area contributed by atoms with Crippen molar-refractivity contribution in [2.75, 3.05) is 27.3 Å². The second kappa shape index (κ2) is 9.74. The van der Waals surface area contributed by atoms with Gasteiger partial charge < -0.3 is 13.9 Å². The fourth-order valence-electron chi connectivity index (χ4n) is 4.92. The normalized spacial score (nSPS) is 14.9. The molecule has 0 unspecified atom stereocenters. The fraction of sp³-hybridized carbons (Fsp3) is 0.276. The zero-order valence-corrected chi connectivity index (χ0v) is 19.6. The second-order valence-corrected chi connectivity index (χ2v) is 8.76. The van der Waals surface area contributed by atoms with Gasteiger partial charge in [-0.15, -0.1) is 0 Å². The largest absolute Gasteiger partial charge is 0.497 e. The molecule has 1 saturated heterocycles. The average Bonchev–Trinajstić information content (AvgIpc) is 3.28. The number of rotatable bonds is 7. The molecule has 0 saturated carbocycles. The van der Waals surface area contributed by atoms with E-state index in [4.69, 9.17) is 13.9 Å². The molecule has 1 aromatic heterocycles. The minimum absolute atomic E-state index is 0.0316. The number of methoxy groups -OCH3 is 2. The summed E-state index contributed by atoms with van der Waals surface area (Å²) >= 11 is 0. The summed E-state index contributed by atoms with van der Waals surface area (Å²) in [5.41, 5.74) is 3.30.